The van der Waals surface area contributed by atoms with Crippen molar-refractivity contribution in [3.63, 3.8) is 0 Å². The molecule has 1 amide bonds. The Hall–Kier alpha value is -2.44. The van der Waals surface area contributed by atoms with E-state index in [9.17, 15) is 4.79 Å². The second-order valence-electron chi connectivity index (χ2n) is 4.90. The van der Waals surface area contributed by atoms with Gasteiger partial charge in [0.25, 0.3) is 0 Å². The number of nitrogens with one attached hydrogen (secondary N) is 2. The molecule has 1 heterocycles. The van der Waals surface area contributed by atoms with Gasteiger partial charge in [-0.15, -0.1) is 0 Å². The van der Waals surface area contributed by atoms with Crippen LogP contribution in [0.25, 0.3) is 10.9 Å². The number of nitrogens with zero attached hydrogens (tertiary/aromatic N) is 2. The van der Waals surface area contributed by atoms with Gasteiger partial charge < -0.3 is 10.6 Å². The minimum Gasteiger partial charge on any atom is -0.340 e. The SMILES string of the molecule is C=CC(=O)Nc1ccc2nc(Cl)nc(Nc3cccc(Br)c3)c2c1. The maximum absolute atomic E-state index is 11.5. The summed E-state index contributed by atoms with van der Waals surface area (Å²) in [5, 5.41) is 6.82. The van der Waals surface area contributed by atoms with Crippen molar-refractivity contribution < 1.29 is 4.79 Å². The predicted octanol–water partition coefficient (Wildman–Crippen LogP) is 4.91. The number of amides is 1. The van der Waals surface area contributed by atoms with Crippen LogP contribution in [-0.4, -0.2) is 15.9 Å². The minimum absolute atomic E-state index is 0.142. The molecule has 1 aromatic heterocycles. The molecule has 0 unspecified atom stereocenters. The van der Waals surface area contributed by atoms with Gasteiger partial charge in [-0.25, -0.2) is 4.98 Å². The van der Waals surface area contributed by atoms with Crippen molar-refractivity contribution in [2.45, 2.75) is 0 Å². The van der Waals surface area contributed by atoms with Gasteiger partial charge in [0.1, 0.15) is 5.82 Å². The van der Waals surface area contributed by atoms with E-state index in [2.05, 4.69) is 43.1 Å². The van der Waals surface area contributed by atoms with Gasteiger partial charge in [-0.2, -0.15) is 4.98 Å². The smallest absolute Gasteiger partial charge is 0.247 e. The monoisotopic (exact) mass is 402 g/mol. The first-order chi connectivity index (χ1) is 11.5. The number of hydrogen-bond acceptors (Lipinski definition) is 4. The lowest BCUT2D eigenvalue weighted by molar-refractivity contribution is -0.111. The van der Waals surface area contributed by atoms with Crippen LogP contribution in [0.1, 0.15) is 0 Å². The average molecular weight is 404 g/mol. The van der Waals surface area contributed by atoms with Crippen molar-refractivity contribution in [2.24, 2.45) is 0 Å². The summed E-state index contributed by atoms with van der Waals surface area (Å²) >= 11 is 9.44. The van der Waals surface area contributed by atoms with Gasteiger partial charge in [0.15, 0.2) is 0 Å². The van der Waals surface area contributed by atoms with Gasteiger partial charge in [-0.05, 0) is 54.1 Å². The third kappa shape index (κ3) is 3.72. The first kappa shape index (κ1) is 16.4. The molecule has 0 aliphatic heterocycles. The van der Waals surface area contributed by atoms with Crippen LogP contribution in [0.15, 0.2) is 59.6 Å². The summed E-state index contributed by atoms with van der Waals surface area (Å²) in [6.07, 6.45) is 1.21. The largest absolute Gasteiger partial charge is 0.340 e. The fourth-order valence-electron chi connectivity index (χ4n) is 2.17. The van der Waals surface area contributed by atoms with E-state index < -0.39 is 0 Å². The van der Waals surface area contributed by atoms with E-state index in [1.807, 2.05) is 24.3 Å². The van der Waals surface area contributed by atoms with Crippen molar-refractivity contribution in [3.05, 3.63) is 64.9 Å². The lowest BCUT2D eigenvalue weighted by Gasteiger charge is -2.11. The van der Waals surface area contributed by atoms with Crippen LogP contribution in [0.3, 0.4) is 0 Å². The maximum atomic E-state index is 11.5. The third-order valence-electron chi connectivity index (χ3n) is 3.21. The van der Waals surface area contributed by atoms with Crippen molar-refractivity contribution in [1.29, 1.82) is 0 Å². The normalized spacial score (nSPS) is 10.4. The summed E-state index contributed by atoms with van der Waals surface area (Å²) < 4.78 is 0.941. The second kappa shape index (κ2) is 6.98. The Kier molecular flexibility index (Phi) is 4.78. The van der Waals surface area contributed by atoms with Gasteiger partial charge in [0, 0.05) is 21.2 Å². The van der Waals surface area contributed by atoms with E-state index in [0.29, 0.717) is 17.0 Å². The number of carbonyl (C=O) groups excluding carboxylic acids is 1. The number of benzene rings is 2. The van der Waals surface area contributed by atoms with E-state index in [1.165, 1.54) is 6.08 Å². The van der Waals surface area contributed by atoms with Crippen LogP contribution in [0.4, 0.5) is 17.2 Å². The molecule has 3 aromatic rings. The second-order valence-corrected chi connectivity index (χ2v) is 6.16. The molecule has 5 nitrogen and oxygen atoms in total. The standard InChI is InChI=1S/C17H12BrClN4O/c1-2-15(24)20-12-6-7-14-13(9-12)16(23-17(19)22-14)21-11-5-3-4-10(18)8-11/h2-9H,1H2,(H,20,24)(H,21,22,23). The zero-order valence-corrected chi connectivity index (χ0v) is 14.7. The highest BCUT2D eigenvalue weighted by atomic mass is 79.9. The molecule has 7 heteroatoms. The Morgan fingerprint density at radius 1 is 1.17 bits per heavy atom. The molecule has 0 saturated carbocycles. The Morgan fingerprint density at radius 2 is 2.00 bits per heavy atom. The van der Waals surface area contributed by atoms with E-state index in [1.54, 1.807) is 18.2 Å². The van der Waals surface area contributed by atoms with E-state index in [0.717, 1.165) is 15.5 Å². The van der Waals surface area contributed by atoms with Crippen LogP contribution < -0.4 is 10.6 Å². The average Bonchev–Trinajstić information content (AvgIpc) is 2.55. The molecule has 0 fully saturated rings. The fraction of sp³-hybridized carbons (Fsp3) is 0. The quantitative estimate of drug-likeness (QED) is 0.479. The van der Waals surface area contributed by atoms with Crippen molar-refractivity contribution >= 4 is 61.5 Å². The molecule has 0 aliphatic rings. The van der Waals surface area contributed by atoms with Crippen LogP contribution in [0, 0.1) is 0 Å². The van der Waals surface area contributed by atoms with Crippen molar-refractivity contribution in [2.75, 3.05) is 10.6 Å². The predicted molar refractivity (Wildman–Crippen MR) is 101 cm³/mol. The van der Waals surface area contributed by atoms with Gasteiger partial charge in [-0.3, -0.25) is 4.79 Å². The molecule has 0 spiro atoms. The summed E-state index contributed by atoms with van der Waals surface area (Å²) in [5.41, 5.74) is 2.14. The molecule has 2 aromatic carbocycles. The van der Waals surface area contributed by atoms with E-state index >= 15 is 0 Å². The first-order valence-electron chi connectivity index (χ1n) is 6.98. The van der Waals surface area contributed by atoms with Crippen LogP contribution in [0.5, 0.6) is 0 Å². The topological polar surface area (TPSA) is 66.9 Å². The lowest BCUT2D eigenvalue weighted by atomic mass is 10.2. The van der Waals surface area contributed by atoms with E-state index in [4.69, 9.17) is 11.6 Å². The minimum atomic E-state index is -0.286. The molecule has 24 heavy (non-hydrogen) atoms. The molecular weight excluding hydrogens is 392 g/mol. The van der Waals surface area contributed by atoms with Crippen LogP contribution in [-0.2, 0) is 4.79 Å². The molecule has 3 rings (SSSR count). The molecule has 120 valence electrons. The summed E-state index contributed by atoms with van der Waals surface area (Å²) in [7, 11) is 0. The lowest BCUT2D eigenvalue weighted by Crippen LogP contribution is -2.07. The van der Waals surface area contributed by atoms with Gasteiger partial charge in [-0.1, -0.05) is 28.6 Å². The highest BCUT2D eigenvalue weighted by Crippen LogP contribution is 2.28. The van der Waals surface area contributed by atoms with Crippen LogP contribution in [0.2, 0.25) is 5.28 Å². The van der Waals surface area contributed by atoms with Crippen molar-refractivity contribution in [3.8, 4) is 0 Å². The number of rotatable bonds is 4. The number of aromatic nitrogens is 2. The Labute approximate surface area is 151 Å². The zero-order chi connectivity index (χ0) is 17.1. The fourth-order valence-corrected chi connectivity index (χ4v) is 2.74. The van der Waals surface area contributed by atoms with Gasteiger partial charge >= 0.3 is 0 Å². The first-order valence-corrected chi connectivity index (χ1v) is 8.15. The molecule has 0 aliphatic carbocycles. The third-order valence-corrected chi connectivity index (χ3v) is 3.87. The summed E-state index contributed by atoms with van der Waals surface area (Å²) in [6, 6.07) is 13.0. The summed E-state index contributed by atoms with van der Waals surface area (Å²) in [5.74, 6) is 0.267. The molecule has 0 bridgehead atoms. The Morgan fingerprint density at radius 3 is 2.75 bits per heavy atom. The van der Waals surface area contributed by atoms with Crippen LogP contribution >= 0.6 is 27.5 Å². The highest BCUT2D eigenvalue weighted by molar-refractivity contribution is 9.10. The number of halogens is 2. The molecule has 0 radical (unpaired) electrons. The Balaban J connectivity index is 2.05. The summed E-state index contributed by atoms with van der Waals surface area (Å²) in [4.78, 5) is 20.0. The molecule has 0 atom stereocenters. The van der Waals surface area contributed by atoms with Crippen molar-refractivity contribution in [1.82, 2.24) is 9.97 Å². The van der Waals surface area contributed by atoms with E-state index in [-0.39, 0.29) is 11.2 Å². The maximum Gasteiger partial charge on any atom is 0.247 e. The summed E-state index contributed by atoms with van der Waals surface area (Å²) in [6.45, 7) is 3.44. The Bertz CT molecular complexity index is 945. The molecule has 0 saturated heterocycles. The number of fused-ring (bicyclic) bond motifs is 1. The number of anilines is 3. The zero-order valence-electron chi connectivity index (χ0n) is 12.4. The number of carbonyl (C=O) groups is 1. The number of hydrogen-bond donors (Lipinski definition) is 2. The molecular formula is C17H12BrClN4O. The highest BCUT2D eigenvalue weighted by Gasteiger charge is 2.09. The molecule has 2 N–H and O–H groups in total. The van der Waals surface area contributed by atoms with Gasteiger partial charge in [0.2, 0.25) is 11.2 Å². The van der Waals surface area contributed by atoms with Gasteiger partial charge in [0.05, 0.1) is 5.52 Å².